The first-order chi connectivity index (χ1) is 12.4. The van der Waals surface area contributed by atoms with Gasteiger partial charge in [0.1, 0.15) is 0 Å². The number of amides is 2. The molecule has 136 valence electrons. The summed E-state index contributed by atoms with van der Waals surface area (Å²) in [6.45, 7) is 4.97. The van der Waals surface area contributed by atoms with E-state index in [9.17, 15) is 14.4 Å². The Kier molecular flexibility index (Phi) is 4.93. The van der Waals surface area contributed by atoms with Crippen LogP contribution in [0, 0.1) is 6.92 Å². The molecule has 2 heterocycles. The van der Waals surface area contributed by atoms with Gasteiger partial charge in [-0.3, -0.25) is 14.4 Å². The Morgan fingerprint density at radius 3 is 2.69 bits per heavy atom. The number of aromatic nitrogens is 1. The minimum atomic E-state index is -0.447. The monoisotopic (exact) mass is 353 g/mol. The van der Waals surface area contributed by atoms with E-state index in [-0.39, 0.29) is 17.4 Å². The van der Waals surface area contributed by atoms with Crippen LogP contribution >= 0.6 is 0 Å². The van der Waals surface area contributed by atoms with Gasteiger partial charge in [-0.1, -0.05) is 24.3 Å². The van der Waals surface area contributed by atoms with E-state index in [2.05, 4.69) is 10.3 Å². The number of H-pyrrole nitrogens is 1. The van der Waals surface area contributed by atoms with Crippen LogP contribution in [-0.4, -0.2) is 40.3 Å². The fourth-order valence-corrected chi connectivity index (χ4v) is 3.32. The van der Waals surface area contributed by atoms with Gasteiger partial charge < -0.3 is 15.2 Å². The lowest BCUT2D eigenvalue weighted by atomic mass is 10.00. The number of aryl methyl sites for hydroxylation is 1. The number of hydrogen-bond acceptors (Lipinski definition) is 3. The number of rotatable bonds is 4. The van der Waals surface area contributed by atoms with E-state index in [1.54, 1.807) is 4.90 Å². The highest BCUT2D eigenvalue weighted by Gasteiger charge is 2.37. The molecule has 2 amide bonds. The van der Waals surface area contributed by atoms with Crippen LogP contribution in [0.15, 0.2) is 47.4 Å². The molecule has 1 fully saturated rings. The molecule has 0 saturated carbocycles. The zero-order chi connectivity index (χ0) is 18.7. The zero-order valence-electron chi connectivity index (χ0n) is 15.0. The molecular formula is C20H23N3O3. The van der Waals surface area contributed by atoms with Crippen molar-refractivity contribution in [2.45, 2.75) is 32.2 Å². The summed E-state index contributed by atoms with van der Waals surface area (Å²) in [7, 11) is 0. The van der Waals surface area contributed by atoms with Crippen LogP contribution in [0.2, 0.25) is 0 Å². The van der Waals surface area contributed by atoms with Crippen molar-refractivity contribution in [2.24, 2.45) is 0 Å². The first kappa shape index (κ1) is 17.9. The molecule has 1 unspecified atom stereocenters. The first-order valence-electron chi connectivity index (χ1n) is 8.70. The third kappa shape index (κ3) is 4.02. The predicted molar refractivity (Wildman–Crippen MR) is 99.0 cm³/mol. The van der Waals surface area contributed by atoms with Crippen molar-refractivity contribution in [3.05, 3.63) is 69.6 Å². The highest BCUT2D eigenvalue weighted by molar-refractivity contribution is 5.94. The van der Waals surface area contributed by atoms with Crippen molar-refractivity contribution in [3.63, 3.8) is 0 Å². The Morgan fingerprint density at radius 2 is 2.00 bits per heavy atom. The van der Waals surface area contributed by atoms with E-state index in [0.29, 0.717) is 31.5 Å². The third-order valence-corrected chi connectivity index (χ3v) is 4.85. The average molecular weight is 353 g/mol. The first-order valence-corrected chi connectivity index (χ1v) is 8.70. The molecule has 3 rings (SSSR count). The Hall–Kier alpha value is -2.89. The summed E-state index contributed by atoms with van der Waals surface area (Å²) in [5.41, 5.74) is 1.86. The molecule has 1 aromatic carbocycles. The van der Waals surface area contributed by atoms with E-state index in [1.807, 2.05) is 38.1 Å². The molecule has 0 aliphatic carbocycles. The number of nitrogens with one attached hydrogen (secondary N) is 2. The molecule has 0 radical (unpaired) electrons. The number of pyridine rings is 1. The second-order valence-electron chi connectivity index (χ2n) is 7.13. The zero-order valence-corrected chi connectivity index (χ0v) is 15.0. The Balaban J connectivity index is 1.62. The van der Waals surface area contributed by atoms with Crippen molar-refractivity contribution in [1.82, 2.24) is 15.2 Å². The molecule has 6 heteroatoms. The number of nitrogens with zero attached hydrogens (tertiary/aromatic N) is 1. The molecule has 1 aliphatic heterocycles. The molecular weight excluding hydrogens is 330 g/mol. The SMILES string of the molecule is Cc1ccccc1CC(=O)NC1(C)CCN(C(=O)c2ccc(=O)[nH]c2)C1. The second kappa shape index (κ2) is 7.15. The molecule has 2 aromatic rings. The van der Waals surface area contributed by atoms with E-state index in [1.165, 1.54) is 18.3 Å². The summed E-state index contributed by atoms with van der Waals surface area (Å²) in [6, 6.07) is 10.7. The smallest absolute Gasteiger partial charge is 0.255 e. The van der Waals surface area contributed by atoms with Crippen molar-refractivity contribution < 1.29 is 9.59 Å². The summed E-state index contributed by atoms with van der Waals surface area (Å²) >= 11 is 0. The Bertz CT molecular complexity index is 869. The van der Waals surface area contributed by atoms with Gasteiger partial charge in [0.15, 0.2) is 0 Å². The van der Waals surface area contributed by atoms with Gasteiger partial charge in [0.25, 0.3) is 5.91 Å². The fourth-order valence-electron chi connectivity index (χ4n) is 3.32. The molecule has 0 spiro atoms. The van der Waals surface area contributed by atoms with Gasteiger partial charge in [0.05, 0.1) is 17.5 Å². The molecule has 6 nitrogen and oxygen atoms in total. The fraction of sp³-hybridized carbons (Fsp3) is 0.350. The Morgan fingerprint density at radius 1 is 1.23 bits per heavy atom. The minimum absolute atomic E-state index is 0.0415. The summed E-state index contributed by atoms with van der Waals surface area (Å²) in [4.78, 5) is 40.4. The standard InChI is InChI=1S/C20H23N3O3/c1-14-5-3-4-6-15(14)11-18(25)22-20(2)9-10-23(13-20)19(26)16-7-8-17(24)21-12-16/h3-8,12H,9-11,13H2,1-2H3,(H,21,24)(H,22,25). The van der Waals surface area contributed by atoms with Crippen molar-refractivity contribution in [2.75, 3.05) is 13.1 Å². The van der Waals surface area contributed by atoms with E-state index >= 15 is 0 Å². The maximum Gasteiger partial charge on any atom is 0.255 e. The number of carbonyl (C=O) groups is 2. The van der Waals surface area contributed by atoms with Gasteiger partial charge >= 0.3 is 0 Å². The third-order valence-electron chi connectivity index (χ3n) is 4.85. The van der Waals surface area contributed by atoms with Crippen LogP contribution in [0.5, 0.6) is 0 Å². The van der Waals surface area contributed by atoms with Crippen LogP contribution in [0.25, 0.3) is 0 Å². The van der Waals surface area contributed by atoms with Gasteiger partial charge in [-0.15, -0.1) is 0 Å². The lowest BCUT2D eigenvalue weighted by Gasteiger charge is -2.26. The number of likely N-dealkylation sites (tertiary alicyclic amines) is 1. The van der Waals surface area contributed by atoms with Crippen LogP contribution in [0.1, 0.15) is 34.8 Å². The maximum absolute atomic E-state index is 12.6. The maximum atomic E-state index is 12.6. The lowest BCUT2D eigenvalue weighted by Crippen LogP contribution is -2.49. The summed E-state index contributed by atoms with van der Waals surface area (Å²) in [5.74, 6) is -0.182. The van der Waals surface area contributed by atoms with Gasteiger partial charge in [0.2, 0.25) is 11.5 Å². The predicted octanol–water partition coefficient (Wildman–Crippen LogP) is 1.65. The second-order valence-corrected chi connectivity index (χ2v) is 7.13. The molecule has 0 bridgehead atoms. The highest BCUT2D eigenvalue weighted by Crippen LogP contribution is 2.22. The lowest BCUT2D eigenvalue weighted by molar-refractivity contribution is -0.122. The van der Waals surface area contributed by atoms with E-state index in [0.717, 1.165) is 11.1 Å². The number of carbonyl (C=O) groups excluding carboxylic acids is 2. The van der Waals surface area contributed by atoms with Crippen LogP contribution in [0.3, 0.4) is 0 Å². The van der Waals surface area contributed by atoms with Crippen molar-refractivity contribution in [3.8, 4) is 0 Å². The molecule has 1 saturated heterocycles. The number of aromatic amines is 1. The molecule has 1 aromatic heterocycles. The van der Waals surface area contributed by atoms with Gasteiger partial charge in [-0.05, 0) is 37.5 Å². The average Bonchev–Trinajstić information content (AvgIpc) is 2.98. The van der Waals surface area contributed by atoms with Gasteiger partial charge in [-0.25, -0.2) is 0 Å². The summed E-state index contributed by atoms with van der Waals surface area (Å²) in [6.07, 6.45) is 2.45. The molecule has 1 atom stereocenters. The highest BCUT2D eigenvalue weighted by atomic mass is 16.2. The van der Waals surface area contributed by atoms with Crippen molar-refractivity contribution >= 4 is 11.8 Å². The largest absolute Gasteiger partial charge is 0.349 e. The number of benzene rings is 1. The van der Waals surface area contributed by atoms with E-state index < -0.39 is 5.54 Å². The summed E-state index contributed by atoms with van der Waals surface area (Å²) < 4.78 is 0. The topological polar surface area (TPSA) is 82.3 Å². The van der Waals surface area contributed by atoms with Gasteiger partial charge in [0, 0.05) is 25.4 Å². The molecule has 26 heavy (non-hydrogen) atoms. The van der Waals surface area contributed by atoms with Crippen LogP contribution in [0.4, 0.5) is 0 Å². The van der Waals surface area contributed by atoms with Crippen LogP contribution < -0.4 is 10.9 Å². The Labute approximate surface area is 152 Å². The minimum Gasteiger partial charge on any atom is -0.349 e. The van der Waals surface area contributed by atoms with E-state index in [4.69, 9.17) is 0 Å². The van der Waals surface area contributed by atoms with Crippen molar-refractivity contribution in [1.29, 1.82) is 0 Å². The van der Waals surface area contributed by atoms with Gasteiger partial charge in [-0.2, -0.15) is 0 Å². The quantitative estimate of drug-likeness (QED) is 0.877. The summed E-state index contributed by atoms with van der Waals surface area (Å²) in [5, 5.41) is 3.09. The van der Waals surface area contributed by atoms with Crippen LogP contribution in [-0.2, 0) is 11.2 Å². The molecule has 2 N–H and O–H groups in total. The normalized spacial score (nSPS) is 19.4. The molecule has 1 aliphatic rings. The number of hydrogen-bond donors (Lipinski definition) is 2.